The summed E-state index contributed by atoms with van der Waals surface area (Å²) in [6, 6.07) is 11.3. The summed E-state index contributed by atoms with van der Waals surface area (Å²) in [5.41, 5.74) is 7.79. The summed E-state index contributed by atoms with van der Waals surface area (Å²) in [4.78, 5) is 16.2. The van der Waals surface area contributed by atoms with Crippen molar-refractivity contribution in [3.8, 4) is 11.5 Å². The van der Waals surface area contributed by atoms with E-state index >= 15 is 0 Å². The Balaban J connectivity index is 1.49. The molecule has 4 rings (SSSR count). The number of rotatable bonds is 6. The molecule has 0 aliphatic heterocycles. The van der Waals surface area contributed by atoms with Crippen molar-refractivity contribution in [2.45, 2.75) is 46.1 Å². The van der Waals surface area contributed by atoms with E-state index in [9.17, 15) is 4.79 Å². The highest BCUT2D eigenvalue weighted by Gasteiger charge is 2.20. The summed E-state index contributed by atoms with van der Waals surface area (Å²) in [5, 5.41) is 5.27. The third kappa shape index (κ3) is 4.58. The molecule has 1 aromatic heterocycles. The zero-order valence-corrected chi connectivity index (χ0v) is 18.5. The first-order valence-electron chi connectivity index (χ1n) is 10.8. The van der Waals surface area contributed by atoms with E-state index in [0.29, 0.717) is 23.0 Å². The smallest absolute Gasteiger partial charge is 0.271 e. The topological polar surface area (TPSA) is 75.7 Å². The Labute approximate surface area is 182 Å². The minimum atomic E-state index is -0.232. The van der Waals surface area contributed by atoms with E-state index in [1.165, 1.54) is 17.7 Å². The van der Waals surface area contributed by atoms with Gasteiger partial charge in [0, 0.05) is 22.2 Å². The number of methoxy groups -OCH3 is 1. The molecule has 0 fully saturated rings. The molecule has 1 heterocycles. The number of nitrogens with zero attached hydrogens (tertiary/aromatic N) is 1. The third-order valence-corrected chi connectivity index (χ3v) is 5.63. The number of nitrogens with one attached hydrogen (secondary N) is 2. The van der Waals surface area contributed by atoms with E-state index in [0.717, 1.165) is 29.3 Å². The molecule has 1 aliphatic rings. The van der Waals surface area contributed by atoms with Crippen molar-refractivity contribution in [2.75, 3.05) is 7.11 Å². The van der Waals surface area contributed by atoms with Crippen molar-refractivity contribution < 1.29 is 14.3 Å². The Bertz CT molecular complexity index is 1130. The molecule has 3 aromatic rings. The number of aromatic amines is 1. The number of H-pyrrole nitrogens is 1. The third-order valence-electron chi connectivity index (χ3n) is 5.63. The first-order chi connectivity index (χ1) is 14.9. The number of hydrogen-bond donors (Lipinski definition) is 2. The maximum atomic E-state index is 12.7. The minimum Gasteiger partial charge on any atom is -0.493 e. The lowest BCUT2D eigenvalue weighted by Gasteiger charge is -2.18. The minimum absolute atomic E-state index is 0.0258. The van der Waals surface area contributed by atoms with Crippen LogP contribution in [0.1, 0.15) is 54.4 Å². The number of hydrogen-bond acceptors (Lipinski definition) is 4. The van der Waals surface area contributed by atoms with E-state index < -0.39 is 0 Å². The van der Waals surface area contributed by atoms with Crippen LogP contribution in [-0.2, 0) is 12.8 Å². The Morgan fingerprint density at radius 3 is 2.84 bits per heavy atom. The number of aromatic nitrogens is 1. The number of carbonyl (C=O) groups is 1. The summed E-state index contributed by atoms with van der Waals surface area (Å²) in [6.07, 6.45) is 4.95. The van der Waals surface area contributed by atoms with Gasteiger partial charge in [-0.25, -0.2) is 5.43 Å². The van der Waals surface area contributed by atoms with Crippen LogP contribution in [0.5, 0.6) is 11.5 Å². The van der Waals surface area contributed by atoms with Crippen LogP contribution < -0.4 is 14.9 Å². The molecule has 6 nitrogen and oxygen atoms in total. The molecule has 1 aliphatic carbocycles. The number of benzene rings is 2. The fourth-order valence-corrected chi connectivity index (χ4v) is 4.08. The van der Waals surface area contributed by atoms with Crippen molar-refractivity contribution in [1.82, 2.24) is 10.4 Å². The second kappa shape index (κ2) is 8.84. The zero-order chi connectivity index (χ0) is 22.0. The molecule has 6 heteroatoms. The summed E-state index contributed by atoms with van der Waals surface area (Å²) >= 11 is 0. The lowest BCUT2D eigenvalue weighted by atomic mass is 9.87. The molecule has 1 amide bonds. The normalized spacial score (nSPS) is 16.0. The number of ether oxygens (including phenoxy) is 2. The van der Waals surface area contributed by atoms with E-state index in [-0.39, 0.29) is 12.0 Å². The molecule has 2 aromatic carbocycles. The monoisotopic (exact) mass is 419 g/mol. The standard InChI is InChI=1S/C25H29N3O3/c1-15(2)31-24-12-17(6-10-23(24)30-4)14-26-28-25(29)18-7-9-22-20(13-18)19-11-16(3)5-8-21(19)27-22/h6-7,9-10,12-16,27H,5,8,11H2,1-4H3,(H,28,29)/b26-14-. The van der Waals surface area contributed by atoms with Gasteiger partial charge in [0.15, 0.2) is 11.5 Å². The van der Waals surface area contributed by atoms with Crippen molar-refractivity contribution in [2.24, 2.45) is 11.0 Å². The highest BCUT2D eigenvalue weighted by molar-refractivity contribution is 5.99. The Kier molecular flexibility index (Phi) is 5.98. The van der Waals surface area contributed by atoms with Crippen molar-refractivity contribution >= 4 is 23.0 Å². The van der Waals surface area contributed by atoms with Gasteiger partial charge < -0.3 is 14.5 Å². The molecule has 1 unspecified atom stereocenters. The van der Waals surface area contributed by atoms with Crippen LogP contribution in [0, 0.1) is 5.92 Å². The van der Waals surface area contributed by atoms with Crippen LogP contribution in [0.25, 0.3) is 10.9 Å². The summed E-state index contributed by atoms with van der Waals surface area (Å²) in [6.45, 7) is 6.20. The number of aryl methyl sites for hydroxylation is 1. The number of carbonyl (C=O) groups excluding carboxylic acids is 1. The maximum absolute atomic E-state index is 12.7. The van der Waals surface area contributed by atoms with Gasteiger partial charge in [0.25, 0.3) is 5.91 Å². The number of fused-ring (bicyclic) bond motifs is 3. The quantitative estimate of drug-likeness (QED) is 0.443. The molecular formula is C25H29N3O3. The van der Waals surface area contributed by atoms with Crippen molar-refractivity contribution in [3.63, 3.8) is 0 Å². The molecular weight excluding hydrogens is 390 g/mol. The predicted molar refractivity (Wildman–Crippen MR) is 123 cm³/mol. The van der Waals surface area contributed by atoms with Gasteiger partial charge in [-0.05, 0) is 86.6 Å². The SMILES string of the molecule is COc1ccc(/C=N\NC(=O)c2ccc3[nH]c4c(c3c2)CC(C)CC4)cc1OC(C)C. The summed E-state index contributed by atoms with van der Waals surface area (Å²) < 4.78 is 11.1. The molecule has 0 saturated carbocycles. The van der Waals surface area contributed by atoms with E-state index in [1.807, 2.05) is 50.2 Å². The average Bonchev–Trinajstić information content (AvgIpc) is 3.10. The van der Waals surface area contributed by atoms with Crippen LogP contribution in [0.3, 0.4) is 0 Å². The van der Waals surface area contributed by atoms with Gasteiger partial charge in [0.05, 0.1) is 19.4 Å². The van der Waals surface area contributed by atoms with E-state index in [1.54, 1.807) is 13.3 Å². The maximum Gasteiger partial charge on any atom is 0.271 e. The predicted octanol–water partition coefficient (Wildman–Crippen LogP) is 4.85. The van der Waals surface area contributed by atoms with Crippen LogP contribution >= 0.6 is 0 Å². The largest absolute Gasteiger partial charge is 0.493 e. The van der Waals surface area contributed by atoms with E-state index in [4.69, 9.17) is 9.47 Å². The average molecular weight is 420 g/mol. The van der Waals surface area contributed by atoms with E-state index in [2.05, 4.69) is 22.4 Å². The van der Waals surface area contributed by atoms with Crippen LogP contribution in [0.15, 0.2) is 41.5 Å². The van der Waals surface area contributed by atoms with Crippen molar-refractivity contribution in [1.29, 1.82) is 0 Å². The molecule has 0 spiro atoms. The number of hydrazone groups is 1. The highest BCUT2D eigenvalue weighted by Crippen LogP contribution is 2.32. The van der Waals surface area contributed by atoms with Gasteiger partial charge in [-0.1, -0.05) is 6.92 Å². The molecule has 31 heavy (non-hydrogen) atoms. The number of amides is 1. The molecule has 0 radical (unpaired) electrons. The second-order valence-electron chi connectivity index (χ2n) is 8.47. The van der Waals surface area contributed by atoms with Crippen LogP contribution in [-0.4, -0.2) is 30.3 Å². The molecule has 0 saturated heterocycles. The Morgan fingerprint density at radius 1 is 1.23 bits per heavy atom. The van der Waals surface area contributed by atoms with Crippen LogP contribution in [0.2, 0.25) is 0 Å². The fraction of sp³-hybridized carbons (Fsp3) is 0.360. The molecule has 2 N–H and O–H groups in total. The summed E-state index contributed by atoms with van der Waals surface area (Å²) in [7, 11) is 1.61. The Hall–Kier alpha value is -3.28. The molecule has 1 atom stereocenters. The Morgan fingerprint density at radius 2 is 2.06 bits per heavy atom. The lowest BCUT2D eigenvalue weighted by Crippen LogP contribution is -2.17. The zero-order valence-electron chi connectivity index (χ0n) is 18.5. The second-order valence-corrected chi connectivity index (χ2v) is 8.47. The molecule has 0 bridgehead atoms. The van der Waals surface area contributed by atoms with Gasteiger partial charge in [-0.2, -0.15) is 5.10 Å². The van der Waals surface area contributed by atoms with Gasteiger partial charge in [-0.3, -0.25) is 4.79 Å². The molecule has 162 valence electrons. The first-order valence-corrected chi connectivity index (χ1v) is 10.8. The highest BCUT2D eigenvalue weighted by atomic mass is 16.5. The fourth-order valence-electron chi connectivity index (χ4n) is 4.08. The van der Waals surface area contributed by atoms with Crippen LogP contribution in [0.4, 0.5) is 0 Å². The van der Waals surface area contributed by atoms with Gasteiger partial charge in [0.1, 0.15) is 0 Å². The van der Waals surface area contributed by atoms with Crippen molar-refractivity contribution in [3.05, 3.63) is 58.8 Å². The summed E-state index contributed by atoms with van der Waals surface area (Å²) in [5.74, 6) is 1.74. The van der Waals surface area contributed by atoms with Gasteiger partial charge >= 0.3 is 0 Å². The van der Waals surface area contributed by atoms with Gasteiger partial charge in [-0.15, -0.1) is 0 Å². The first kappa shape index (κ1) is 21.0. The lowest BCUT2D eigenvalue weighted by molar-refractivity contribution is 0.0955. The van der Waals surface area contributed by atoms with Gasteiger partial charge in [0.2, 0.25) is 0 Å².